The molecule has 18 aromatic rings. The molecule has 0 amide bonds. The number of aromatic nitrogens is 20. The number of nitrogens with two attached hydrogens (primary N) is 1. The van der Waals surface area contributed by atoms with E-state index in [1.807, 2.05) is 240 Å². The van der Waals surface area contributed by atoms with Gasteiger partial charge in [0.15, 0.2) is 22.6 Å². The van der Waals surface area contributed by atoms with Crippen LogP contribution in [-0.4, -0.2) is 201 Å². The monoisotopic (exact) mass is 2040 g/mol. The molecule has 3 fully saturated rings. The molecule has 3 saturated heterocycles. The number of aliphatic hydroxyl groups excluding tert-OH is 3. The van der Waals surface area contributed by atoms with E-state index in [2.05, 4.69) is 124 Å². The van der Waals surface area contributed by atoms with E-state index in [4.69, 9.17) is 80.2 Å². The lowest BCUT2D eigenvalue weighted by Crippen LogP contribution is -2.34. The van der Waals surface area contributed by atoms with Gasteiger partial charge in [0, 0.05) is 47.4 Å². The average molecular weight is 2040 g/mol. The van der Waals surface area contributed by atoms with Crippen LogP contribution < -0.4 is 51.7 Å². The molecule has 0 saturated carbocycles. The molecule has 34 nitrogen and oxygen atoms in total. The second-order valence-electron chi connectivity index (χ2n) is 29.4. The first-order valence-electron chi connectivity index (χ1n) is 41.1. The van der Waals surface area contributed by atoms with Crippen molar-refractivity contribution in [1.29, 1.82) is 0 Å². The summed E-state index contributed by atoms with van der Waals surface area (Å²) >= 11 is 27.7. The highest BCUT2D eigenvalue weighted by molar-refractivity contribution is 9.11. The van der Waals surface area contributed by atoms with Gasteiger partial charge in [0.25, 0.3) is 0 Å². The number of nitrogen functional groups attached to an aromatic ring is 1. The standard InChI is InChI=1S/C27H27N7O2.C20H20BrN7O.C15H10BrClN6.C9H9N3.C7H9BO3.C6H2BrCl2N3.C5H11NO.ClH/c1-36-22-11-9-19(10-12-22)23-13-14-24-26(29-25-16-32(18-28-25)20-6-3-2-4-7-20)30-27(31-34(23)24)33-15-5-8-21(33)17-35;21-17-9-8-16-19(23-18-11-26(13-22-18)14-5-2-1-3-6-14)24-20(25-28(16)17)27-10-4-7-15(27)12-29;16-12-7-6-11-14(20-15(17)21-23(11)12)19-13-8-22(9-18-13)10-4-2-1-3-5-10;10-9-6-12(7-11-9)8-4-2-1-3-5-8;1-11-7-4-2-6(3-5-7)8(9)10;7-4-2-1-3-5(8)10-6(9)11-12(3)4;7-4-5-2-1-3-6-5;/h2-4,6-7,9-14,16,18,21,35H,5,8,15,17H2,1H3,(H,29,30,31);1-3,5-6,8-9,11,13,15,29H,4,7,10,12H2,(H,23,24,25);1-9H,(H,19,20,21);1-7H,10H2;2-5,9-10H,1H3;1-2H;5-7H,1-4H2;1H/t21-;15-;;;;;5-;/m00....0./s1. The fourth-order valence-corrected chi connectivity index (χ4v) is 16.2. The molecule has 0 bridgehead atoms. The van der Waals surface area contributed by atoms with Crippen LogP contribution >= 0.6 is 95.0 Å². The molecular formula is C89H89BBr3Cl4N27O7. The quantitative estimate of drug-likeness (QED) is 0.0336. The molecule has 11 N–H and O–H groups in total. The van der Waals surface area contributed by atoms with Crippen LogP contribution in [0.25, 0.3) is 56.1 Å². The number of para-hydroxylation sites is 4. The first kappa shape index (κ1) is 94.6. The number of nitrogens with one attached hydrogen (secondary N) is 4. The lowest BCUT2D eigenvalue weighted by Gasteiger charge is -2.23. The Labute approximate surface area is 798 Å². The predicted octanol–water partition coefficient (Wildman–Crippen LogP) is 15.5. The van der Waals surface area contributed by atoms with Crippen LogP contribution in [0.5, 0.6) is 11.5 Å². The number of ether oxygens (including phenoxy) is 2. The summed E-state index contributed by atoms with van der Waals surface area (Å²) in [5, 5.41) is 76.9. The Kier molecular flexibility index (Phi) is 32.7. The van der Waals surface area contributed by atoms with Crippen molar-refractivity contribution in [3.05, 3.63) is 298 Å². The number of imidazole rings is 4. The topological polar surface area (TPSA) is 392 Å². The number of anilines is 9. The van der Waals surface area contributed by atoms with Crippen LogP contribution in [0.3, 0.4) is 0 Å². The van der Waals surface area contributed by atoms with Gasteiger partial charge < -0.3 is 89.9 Å². The van der Waals surface area contributed by atoms with E-state index in [0.29, 0.717) is 81.6 Å². The molecule has 0 unspecified atom stereocenters. The molecule has 0 spiro atoms. The van der Waals surface area contributed by atoms with Gasteiger partial charge >= 0.3 is 7.12 Å². The highest BCUT2D eigenvalue weighted by atomic mass is 79.9. The lowest BCUT2D eigenvalue weighted by atomic mass is 9.80. The summed E-state index contributed by atoms with van der Waals surface area (Å²) in [6.07, 6.45) is 20.8. The van der Waals surface area contributed by atoms with Crippen LogP contribution in [0.2, 0.25) is 15.7 Å². The highest BCUT2D eigenvalue weighted by Gasteiger charge is 2.30. The fourth-order valence-electron chi connectivity index (χ4n) is 14.4. The first-order chi connectivity index (χ1) is 63.4. The van der Waals surface area contributed by atoms with E-state index < -0.39 is 7.12 Å². The summed E-state index contributed by atoms with van der Waals surface area (Å²) in [5.74, 6) is 7.17. The molecule has 0 aliphatic carbocycles. The Bertz CT molecular complexity index is 6700. The van der Waals surface area contributed by atoms with Gasteiger partial charge in [-0.25, -0.2) is 43.0 Å². The number of hydrogen-bond acceptors (Lipinski definition) is 26. The minimum absolute atomic E-state index is 0. The SMILES string of the molecule is COc1ccc(-c2ccc3c(Nc4cn(-c5ccccc5)cn4)nc(N4CCC[C@H]4CO)nn23)cc1.COc1ccc(B(O)O)cc1.Cl.Clc1nc(Cl)c2ccc(Br)n2n1.Clc1nc(Nc2cn(-c3ccccc3)cn2)c2ccc(Br)n2n1.Nc1cn(-c2ccccc2)cn1.OC[C@@H]1CCCN1.OC[C@@H]1CCCN1c1nc(Nc2cn(-c3ccccc3)cn2)c2ccc(Br)n2n1. The number of halogens is 7. The molecule has 42 heteroatoms. The van der Waals surface area contributed by atoms with Crippen molar-refractivity contribution in [2.75, 3.05) is 85.2 Å². The van der Waals surface area contributed by atoms with Crippen molar-refractivity contribution >= 4 is 182 Å². The van der Waals surface area contributed by atoms with E-state index in [9.17, 15) is 10.2 Å². The Morgan fingerprint density at radius 3 is 1.23 bits per heavy atom. The number of aliphatic hydroxyl groups is 3. The maximum Gasteiger partial charge on any atom is 0.488 e. The van der Waals surface area contributed by atoms with E-state index in [1.54, 1.807) is 79.0 Å². The number of fused-ring (bicyclic) bond motifs is 4. The molecule has 3 atom stereocenters. The minimum atomic E-state index is -1.40. The van der Waals surface area contributed by atoms with Crippen LogP contribution in [0, 0.1) is 0 Å². The van der Waals surface area contributed by atoms with Gasteiger partial charge in [-0.3, -0.25) is 0 Å². The second kappa shape index (κ2) is 45.3. The van der Waals surface area contributed by atoms with E-state index in [0.717, 1.165) is 127 Å². The molecule has 15 heterocycles. The Morgan fingerprint density at radius 1 is 0.435 bits per heavy atom. The van der Waals surface area contributed by atoms with Crippen LogP contribution in [0.4, 0.5) is 52.6 Å². The third-order valence-corrected chi connectivity index (χ3v) is 23.4. The smallest absolute Gasteiger partial charge is 0.488 e. The third-order valence-electron chi connectivity index (χ3n) is 21.0. The summed E-state index contributed by atoms with van der Waals surface area (Å²) in [7, 11) is 1.82. The fraction of sp³-hybridized carbons (Fsp3) is 0.191. The Balaban J connectivity index is 0.000000131. The van der Waals surface area contributed by atoms with Crippen molar-refractivity contribution in [2.24, 2.45) is 0 Å². The van der Waals surface area contributed by atoms with Crippen LogP contribution in [-0.2, 0) is 0 Å². The maximum atomic E-state index is 9.92. The molecule has 12 aromatic heterocycles. The zero-order chi connectivity index (χ0) is 90.6. The average Bonchev–Trinajstić information content (AvgIpc) is 1.66. The first-order valence-corrected chi connectivity index (χ1v) is 44.6. The van der Waals surface area contributed by atoms with E-state index in [1.165, 1.54) is 6.42 Å². The summed E-state index contributed by atoms with van der Waals surface area (Å²) in [5.41, 5.74) is 15.3. The number of rotatable bonds is 19. The highest BCUT2D eigenvalue weighted by Crippen LogP contribution is 2.35. The summed E-state index contributed by atoms with van der Waals surface area (Å²) in [6, 6.07) is 70.2. The molecule has 6 aromatic carbocycles. The van der Waals surface area contributed by atoms with Crippen LogP contribution in [0.15, 0.2) is 282 Å². The lowest BCUT2D eigenvalue weighted by molar-refractivity contribution is 0.255. The molecule has 3 aliphatic rings. The molecule has 131 heavy (non-hydrogen) atoms. The molecular weight excluding hydrogens is 1950 g/mol. The van der Waals surface area contributed by atoms with E-state index >= 15 is 0 Å². The van der Waals surface area contributed by atoms with Crippen molar-refractivity contribution in [3.63, 3.8) is 0 Å². The van der Waals surface area contributed by atoms with Gasteiger partial charge in [-0.15, -0.1) is 32.8 Å². The third kappa shape index (κ3) is 23.8. The number of nitrogens with zero attached hydrogens (tertiary/aromatic N) is 22. The molecule has 0 radical (unpaired) electrons. The normalized spacial score (nSPS) is 14.3. The van der Waals surface area contributed by atoms with Crippen molar-refractivity contribution in [3.8, 4) is 45.5 Å². The zero-order valence-electron chi connectivity index (χ0n) is 70.3. The van der Waals surface area contributed by atoms with Crippen molar-refractivity contribution in [2.45, 2.75) is 56.7 Å². The summed E-state index contributed by atoms with van der Waals surface area (Å²) < 4.78 is 27.4. The van der Waals surface area contributed by atoms with Crippen molar-refractivity contribution in [1.82, 2.24) is 102 Å². The van der Waals surface area contributed by atoms with Gasteiger partial charge in [-0.2, -0.15) is 15.0 Å². The maximum absolute atomic E-state index is 9.92. The minimum Gasteiger partial charge on any atom is -0.497 e. The number of hydrogen-bond donors (Lipinski definition) is 10. The van der Waals surface area contributed by atoms with Crippen LogP contribution in [0.1, 0.15) is 38.5 Å². The molecule has 3 aliphatic heterocycles. The Hall–Kier alpha value is -12.5. The predicted molar refractivity (Wildman–Crippen MR) is 524 cm³/mol. The largest absolute Gasteiger partial charge is 0.497 e. The van der Waals surface area contributed by atoms with Gasteiger partial charge in [-0.1, -0.05) is 96.5 Å². The second-order valence-corrected chi connectivity index (χ2v) is 32.9. The molecule has 21 rings (SSSR count). The van der Waals surface area contributed by atoms with Gasteiger partial charge in [0.05, 0.1) is 76.6 Å². The van der Waals surface area contributed by atoms with Crippen molar-refractivity contribution < 1.29 is 34.8 Å². The zero-order valence-corrected chi connectivity index (χ0v) is 78.2. The van der Waals surface area contributed by atoms with E-state index in [-0.39, 0.29) is 48.3 Å². The van der Waals surface area contributed by atoms with Gasteiger partial charge in [0.2, 0.25) is 22.5 Å². The number of benzene rings is 6. The Morgan fingerprint density at radius 2 is 0.824 bits per heavy atom. The summed E-state index contributed by atoms with van der Waals surface area (Å²) in [6.45, 7) is 3.20. The number of methoxy groups -OCH3 is 2. The van der Waals surface area contributed by atoms with Gasteiger partial charge in [0.1, 0.15) is 96.0 Å². The summed E-state index contributed by atoms with van der Waals surface area (Å²) in [4.78, 5) is 39.2. The van der Waals surface area contributed by atoms with Gasteiger partial charge in [-0.05, 0) is 255 Å². The molecule has 674 valence electrons.